The van der Waals surface area contributed by atoms with Crippen molar-refractivity contribution < 1.29 is 29.6 Å². The Balaban J connectivity index is 1.57. The zero-order valence-corrected chi connectivity index (χ0v) is 17.8. The normalized spacial score (nSPS) is 26.2. The van der Waals surface area contributed by atoms with Gasteiger partial charge in [0.2, 0.25) is 0 Å². The Bertz CT molecular complexity index is 1030. The molecule has 1 aromatic heterocycles. The van der Waals surface area contributed by atoms with Crippen molar-refractivity contribution >= 4 is 11.3 Å². The van der Waals surface area contributed by atoms with Crippen molar-refractivity contribution in [2.75, 3.05) is 6.61 Å². The number of aliphatic hydroxyl groups is 4. The molecular formula is C24H25FO5S. The van der Waals surface area contributed by atoms with E-state index in [-0.39, 0.29) is 5.82 Å². The van der Waals surface area contributed by atoms with Gasteiger partial charge in [-0.1, -0.05) is 30.3 Å². The third kappa shape index (κ3) is 4.57. The Morgan fingerprint density at radius 2 is 1.68 bits per heavy atom. The molecular weight excluding hydrogens is 419 g/mol. The molecule has 2 aromatic carbocycles. The maximum absolute atomic E-state index is 13.2. The molecule has 1 aliphatic heterocycles. The third-order valence-electron chi connectivity index (χ3n) is 5.75. The Kier molecular flexibility index (Phi) is 6.52. The molecule has 7 heteroatoms. The summed E-state index contributed by atoms with van der Waals surface area (Å²) in [6.07, 6.45) is -5.21. The van der Waals surface area contributed by atoms with Gasteiger partial charge >= 0.3 is 0 Å². The Labute approximate surface area is 184 Å². The van der Waals surface area contributed by atoms with Gasteiger partial charge in [0, 0.05) is 16.2 Å². The molecule has 0 bridgehead atoms. The molecule has 5 atom stereocenters. The molecule has 4 rings (SSSR count). The molecule has 0 spiro atoms. The van der Waals surface area contributed by atoms with Gasteiger partial charge in [-0.15, -0.1) is 11.3 Å². The summed E-state index contributed by atoms with van der Waals surface area (Å²) in [4.78, 5) is 2.19. The lowest BCUT2D eigenvalue weighted by atomic mass is 9.89. The van der Waals surface area contributed by atoms with Crippen LogP contribution in [0, 0.1) is 12.7 Å². The first-order chi connectivity index (χ1) is 14.9. The zero-order valence-electron chi connectivity index (χ0n) is 17.0. The van der Waals surface area contributed by atoms with Gasteiger partial charge in [-0.3, -0.25) is 0 Å². The second kappa shape index (κ2) is 9.16. The van der Waals surface area contributed by atoms with E-state index in [1.54, 1.807) is 23.5 Å². The molecule has 0 saturated carbocycles. The zero-order chi connectivity index (χ0) is 22.1. The van der Waals surface area contributed by atoms with Crippen molar-refractivity contribution in [2.24, 2.45) is 0 Å². The summed E-state index contributed by atoms with van der Waals surface area (Å²) in [5, 5.41) is 40.0. The fourth-order valence-electron chi connectivity index (χ4n) is 3.87. The van der Waals surface area contributed by atoms with Crippen LogP contribution in [0.1, 0.15) is 27.7 Å². The summed E-state index contributed by atoms with van der Waals surface area (Å²) in [6, 6.07) is 16.2. The highest BCUT2D eigenvalue weighted by molar-refractivity contribution is 7.15. The summed E-state index contributed by atoms with van der Waals surface area (Å²) >= 11 is 1.63. The number of ether oxygens (including phenoxy) is 1. The molecule has 1 saturated heterocycles. The highest BCUT2D eigenvalue weighted by Crippen LogP contribution is 2.35. The lowest BCUT2D eigenvalue weighted by molar-refractivity contribution is -0.231. The monoisotopic (exact) mass is 444 g/mol. The summed E-state index contributed by atoms with van der Waals surface area (Å²) in [6.45, 7) is 1.54. The first-order valence-corrected chi connectivity index (χ1v) is 10.9. The molecule has 1 aliphatic rings. The third-order valence-corrected chi connectivity index (χ3v) is 6.88. The van der Waals surface area contributed by atoms with Crippen LogP contribution in [0.3, 0.4) is 0 Å². The quantitative estimate of drug-likeness (QED) is 0.486. The fourth-order valence-corrected chi connectivity index (χ4v) is 4.90. The van der Waals surface area contributed by atoms with E-state index in [1.165, 1.54) is 12.1 Å². The molecule has 31 heavy (non-hydrogen) atoms. The Morgan fingerprint density at radius 3 is 2.39 bits per heavy atom. The van der Waals surface area contributed by atoms with Gasteiger partial charge < -0.3 is 25.2 Å². The molecule has 5 nitrogen and oxygen atoms in total. The number of rotatable bonds is 5. The maximum Gasteiger partial charge on any atom is 0.123 e. The van der Waals surface area contributed by atoms with E-state index in [0.29, 0.717) is 12.0 Å². The lowest BCUT2D eigenvalue weighted by Crippen LogP contribution is -2.55. The summed E-state index contributed by atoms with van der Waals surface area (Å²) in [5.41, 5.74) is 3.75. The molecule has 164 valence electrons. The predicted octanol–water partition coefficient (Wildman–Crippen LogP) is 2.97. The van der Waals surface area contributed by atoms with Crippen LogP contribution < -0.4 is 0 Å². The average Bonchev–Trinajstić information content (AvgIpc) is 3.23. The minimum Gasteiger partial charge on any atom is -0.394 e. The van der Waals surface area contributed by atoms with Gasteiger partial charge in [0.1, 0.15) is 36.3 Å². The number of thiophene rings is 1. The number of benzene rings is 2. The van der Waals surface area contributed by atoms with Gasteiger partial charge in [-0.25, -0.2) is 4.39 Å². The lowest BCUT2D eigenvalue weighted by Gasteiger charge is -2.40. The molecule has 2 heterocycles. The van der Waals surface area contributed by atoms with E-state index >= 15 is 0 Å². The van der Waals surface area contributed by atoms with E-state index in [0.717, 1.165) is 26.4 Å². The van der Waals surface area contributed by atoms with Crippen molar-refractivity contribution in [1.82, 2.24) is 0 Å². The van der Waals surface area contributed by atoms with Gasteiger partial charge in [0.15, 0.2) is 0 Å². The average molecular weight is 445 g/mol. The van der Waals surface area contributed by atoms with Crippen LogP contribution in [-0.2, 0) is 11.2 Å². The minimum atomic E-state index is -1.41. The molecule has 0 aliphatic carbocycles. The molecule has 1 fully saturated rings. The molecule has 3 aromatic rings. The van der Waals surface area contributed by atoms with Gasteiger partial charge in [-0.2, -0.15) is 0 Å². The number of halogens is 1. The molecule has 3 unspecified atom stereocenters. The summed E-state index contributed by atoms with van der Waals surface area (Å²) in [5.74, 6) is -0.263. The fraction of sp³-hybridized carbons (Fsp3) is 0.333. The van der Waals surface area contributed by atoms with Crippen LogP contribution in [0.4, 0.5) is 4.39 Å². The van der Waals surface area contributed by atoms with E-state index < -0.39 is 37.1 Å². The first-order valence-electron chi connectivity index (χ1n) is 10.1. The second-order valence-electron chi connectivity index (χ2n) is 7.89. The summed E-state index contributed by atoms with van der Waals surface area (Å²) < 4.78 is 18.9. The highest BCUT2D eigenvalue weighted by atomic mass is 32.1. The number of aryl methyl sites for hydroxylation is 1. The standard InChI is InChI=1S/C24H25FO5S/c1-13-2-3-15(24-23(29)22(28)21(27)19(12-26)30-24)10-16(13)11-18-8-9-20(31-18)14-4-6-17(25)7-5-14/h2-10,19,21-24,26-29H,11-12H2,1H3/t19?,21-,22?,23?,24+/m1/s1. The predicted molar refractivity (Wildman–Crippen MR) is 116 cm³/mol. The number of hydrogen-bond acceptors (Lipinski definition) is 6. The number of aliphatic hydroxyl groups excluding tert-OH is 4. The highest BCUT2D eigenvalue weighted by Gasteiger charge is 2.43. The van der Waals surface area contributed by atoms with E-state index in [4.69, 9.17) is 4.74 Å². The van der Waals surface area contributed by atoms with Crippen molar-refractivity contribution in [3.05, 3.63) is 82.0 Å². The van der Waals surface area contributed by atoms with Gasteiger partial charge in [0.05, 0.1) is 6.61 Å². The molecule has 0 amide bonds. The summed E-state index contributed by atoms with van der Waals surface area (Å²) in [7, 11) is 0. The SMILES string of the molecule is Cc1ccc([C@@H]2OC(CO)[C@@H](O)C(O)C2O)cc1Cc1ccc(-c2ccc(F)cc2)s1. The van der Waals surface area contributed by atoms with Crippen molar-refractivity contribution in [2.45, 2.75) is 43.9 Å². The first kappa shape index (κ1) is 22.1. The largest absolute Gasteiger partial charge is 0.394 e. The molecule has 4 N–H and O–H groups in total. The Morgan fingerprint density at radius 1 is 0.935 bits per heavy atom. The molecule has 0 radical (unpaired) electrons. The van der Waals surface area contributed by atoms with E-state index in [2.05, 4.69) is 0 Å². The van der Waals surface area contributed by atoms with Crippen LogP contribution in [0.25, 0.3) is 10.4 Å². The van der Waals surface area contributed by atoms with Crippen LogP contribution in [0.2, 0.25) is 0 Å². The topological polar surface area (TPSA) is 90.2 Å². The van der Waals surface area contributed by atoms with Crippen molar-refractivity contribution in [3.63, 3.8) is 0 Å². The minimum absolute atomic E-state index is 0.263. The number of hydrogen-bond donors (Lipinski definition) is 4. The van der Waals surface area contributed by atoms with Crippen LogP contribution in [0.5, 0.6) is 0 Å². The van der Waals surface area contributed by atoms with Gasteiger partial charge in [-0.05, 0) is 53.4 Å². The van der Waals surface area contributed by atoms with Gasteiger partial charge in [0.25, 0.3) is 0 Å². The van der Waals surface area contributed by atoms with Crippen molar-refractivity contribution in [3.8, 4) is 10.4 Å². The Hall–Kier alpha value is -2.13. The van der Waals surface area contributed by atoms with Crippen molar-refractivity contribution in [1.29, 1.82) is 0 Å². The second-order valence-corrected chi connectivity index (χ2v) is 9.05. The maximum atomic E-state index is 13.2. The van der Waals surface area contributed by atoms with E-state index in [9.17, 15) is 24.8 Å². The van der Waals surface area contributed by atoms with E-state index in [1.807, 2.05) is 37.3 Å². The van der Waals surface area contributed by atoms with Crippen LogP contribution in [0.15, 0.2) is 54.6 Å². The smallest absolute Gasteiger partial charge is 0.123 e. The van der Waals surface area contributed by atoms with Crippen LogP contribution in [-0.4, -0.2) is 51.4 Å². The van der Waals surface area contributed by atoms with Crippen LogP contribution >= 0.6 is 11.3 Å².